The summed E-state index contributed by atoms with van der Waals surface area (Å²) >= 11 is 0. The highest BCUT2D eigenvalue weighted by Crippen LogP contribution is 2.25. The van der Waals surface area contributed by atoms with Gasteiger partial charge in [0.2, 0.25) is 0 Å². The molecule has 3 heteroatoms. The maximum absolute atomic E-state index is 4.31. The molecule has 1 rings (SSSR count). The summed E-state index contributed by atoms with van der Waals surface area (Å²) in [5, 5.41) is 3.36. The first-order valence-corrected chi connectivity index (χ1v) is 5.45. The fourth-order valence-electron chi connectivity index (χ4n) is 1.08. The minimum absolute atomic E-state index is 0.277. The molecule has 1 N–H and O–H groups in total. The Bertz CT molecular complexity index is 318. The summed E-state index contributed by atoms with van der Waals surface area (Å²) in [4.78, 5) is 8.38. The molecule has 0 saturated heterocycles. The highest BCUT2D eigenvalue weighted by Gasteiger charge is 2.21. The summed E-state index contributed by atoms with van der Waals surface area (Å²) in [7, 11) is 0. The Hall–Kier alpha value is -1.12. The summed E-state index contributed by atoms with van der Waals surface area (Å²) in [6.45, 7) is 11.8. The van der Waals surface area contributed by atoms with E-state index in [2.05, 4.69) is 43.0 Å². The molecule has 0 atom stereocenters. The van der Waals surface area contributed by atoms with E-state index in [0.717, 1.165) is 18.2 Å². The minimum Gasteiger partial charge on any atom is -0.369 e. The molecule has 0 aliphatic heterocycles. The third-order valence-electron chi connectivity index (χ3n) is 3.06. The highest BCUT2D eigenvalue weighted by atomic mass is 15.0. The van der Waals surface area contributed by atoms with Crippen molar-refractivity contribution in [2.24, 2.45) is 11.3 Å². The molecule has 0 bridgehead atoms. The van der Waals surface area contributed by atoms with E-state index in [-0.39, 0.29) is 5.41 Å². The molecule has 0 saturated carbocycles. The van der Waals surface area contributed by atoms with Gasteiger partial charge in [0.1, 0.15) is 11.6 Å². The molecule has 1 heterocycles. The molecule has 0 fully saturated rings. The highest BCUT2D eigenvalue weighted by molar-refractivity contribution is 5.32. The van der Waals surface area contributed by atoms with Crippen LogP contribution < -0.4 is 5.32 Å². The second-order valence-corrected chi connectivity index (χ2v) is 4.99. The quantitative estimate of drug-likeness (QED) is 0.825. The van der Waals surface area contributed by atoms with Crippen LogP contribution in [0.3, 0.4) is 0 Å². The number of rotatable bonds is 4. The van der Waals surface area contributed by atoms with Crippen LogP contribution >= 0.6 is 0 Å². The van der Waals surface area contributed by atoms with Crippen LogP contribution in [0, 0.1) is 18.3 Å². The van der Waals surface area contributed by atoms with E-state index in [1.165, 1.54) is 0 Å². The van der Waals surface area contributed by atoms with E-state index in [1.807, 2.05) is 13.0 Å². The van der Waals surface area contributed by atoms with Crippen LogP contribution in [0.15, 0.2) is 12.3 Å². The van der Waals surface area contributed by atoms with E-state index >= 15 is 0 Å². The molecule has 84 valence electrons. The average molecular weight is 207 g/mol. The van der Waals surface area contributed by atoms with Crippen molar-refractivity contribution >= 4 is 5.82 Å². The maximum Gasteiger partial charge on any atom is 0.129 e. The van der Waals surface area contributed by atoms with Gasteiger partial charge in [-0.05, 0) is 24.3 Å². The Kier molecular flexibility index (Phi) is 3.66. The smallest absolute Gasteiger partial charge is 0.129 e. The molecular weight excluding hydrogens is 186 g/mol. The van der Waals surface area contributed by atoms with Crippen LogP contribution in [0.2, 0.25) is 0 Å². The molecule has 0 unspecified atom stereocenters. The number of anilines is 1. The van der Waals surface area contributed by atoms with Gasteiger partial charge in [0.25, 0.3) is 0 Å². The molecule has 0 radical (unpaired) electrons. The van der Waals surface area contributed by atoms with Gasteiger partial charge >= 0.3 is 0 Å². The van der Waals surface area contributed by atoms with Gasteiger partial charge in [-0.3, -0.25) is 0 Å². The average Bonchev–Trinajstić information content (AvgIpc) is 2.15. The number of nitrogens with zero attached hydrogens (tertiary/aromatic N) is 2. The second kappa shape index (κ2) is 4.60. The Labute approximate surface area is 92.3 Å². The molecule has 0 aliphatic carbocycles. The molecule has 3 nitrogen and oxygen atoms in total. The fourth-order valence-corrected chi connectivity index (χ4v) is 1.08. The van der Waals surface area contributed by atoms with E-state index in [4.69, 9.17) is 0 Å². The Morgan fingerprint density at radius 1 is 1.40 bits per heavy atom. The van der Waals surface area contributed by atoms with Crippen molar-refractivity contribution in [3.05, 3.63) is 18.1 Å². The monoisotopic (exact) mass is 207 g/mol. The Balaban J connectivity index is 2.57. The number of aryl methyl sites for hydroxylation is 1. The van der Waals surface area contributed by atoms with E-state index in [9.17, 15) is 0 Å². The first-order chi connectivity index (χ1) is 6.92. The van der Waals surface area contributed by atoms with Gasteiger partial charge in [-0.2, -0.15) is 0 Å². The lowest BCUT2D eigenvalue weighted by molar-refractivity contribution is 0.269. The second-order valence-electron chi connectivity index (χ2n) is 4.99. The van der Waals surface area contributed by atoms with Crippen molar-refractivity contribution < 1.29 is 0 Å². The van der Waals surface area contributed by atoms with Crippen molar-refractivity contribution in [3.8, 4) is 0 Å². The first kappa shape index (κ1) is 12.0. The van der Waals surface area contributed by atoms with E-state index < -0.39 is 0 Å². The van der Waals surface area contributed by atoms with Crippen molar-refractivity contribution in [1.29, 1.82) is 0 Å². The number of nitrogens with one attached hydrogen (secondary N) is 1. The molecular formula is C12H21N3. The maximum atomic E-state index is 4.31. The van der Waals surface area contributed by atoms with Gasteiger partial charge in [-0.15, -0.1) is 0 Å². The molecule has 0 spiro atoms. The van der Waals surface area contributed by atoms with Crippen LogP contribution in [0.5, 0.6) is 0 Å². The Morgan fingerprint density at radius 2 is 2.07 bits per heavy atom. The molecule has 1 aromatic rings. The van der Waals surface area contributed by atoms with Gasteiger partial charge in [0, 0.05) is 12.7 Å². The topological polar surface area (TPSA) is 37.8 Å². The zero-order valence-corrected chi connectivity index (χ0v) is 10.3. The molecule has 0 aliphatic rings. The van der Waals surface area contributed by atoms with Crippen molar-refractivity contribution in [2.75, 3.05) is 11.9 Å². The van der Waals surface area contributed by atoms with Crippen LogP contribution in [0.1, 0.15) is 33.5 Å². The summed E-state index contributed by atoms with van der Waals surface area (Å²) in [6, 6.07) is 1.91. The van der Waals surface area contributed by atoms with Gasteiger partial charge in [-0.25, -0.2) is 9.97 Å². The van der Waals surface area contributed by atoms with Crippen molar-refractivity contribution in [2.45, 2.75) is 34.6 Å². The van der Waals surface area contributed by atoms with Gasteiger partial charge < -0.3 is 5.32 Å². The summed E-state index contributed by atoms with van der Waals surface area (Å²) < 4.78 is 0. The fraction of sp³-hybridized carbons (Fsp3) is 0.667. The van der Waals surface area contributed by atoms with E-state index in [1.54, 1.807) is 6.20 Å². The summed E-state index contributed by atoms with van der Waals surface area (Å²) in [5.74, 6) is 2.37. The predicted molar refractivity (Wildman–Crippen MR) is 63.9 cm³/mol. The lowest BCUT2D eigenvalue weighted by Crippen LogP contribution is -2.28. The van der Waals surface area contributed by atoms with Gasteiger partial charge in [0.15, 0.2) is 0 Å². The van der Waals surface area contributed by atoms with Crippen molar-refractivity contribution in [1.82, 2.24) is 9.97 Å². The Morgan fingerprint density at radius 3 is 2.60 bits per heavy atom. The van der Waals surface area contributed by atoms with E-state index in [0.29, 0.717) is 5.92 Å². The van der Waals surface area contributed by atoms with Crippen LogP contribution in [-0.2, 0) is 0 Å². The van der Waals surface area contributed by atoms with Crippen LogP contribution in [0.25, 0.3) is 0 Å². The largest absolute Gasteiger partial charge is 0.369 e. The van der Waals surface area contributed by atoms with Crippen LogP contribution in [-0.4, -0.2) is 16.5 Å². The third-order valence-corrected chi connectivity index (χ3v) is 3.06. The number of hydrogen-bond acceptors (Lipinski definition) is 3. The number of hydrogen-bond donors (Lipinski definition) is 1. The first-order valence-electron chi connectivity index (χ1n) is 5.45. The summed E-state index contributed by atoms with van der Waals surface area (Å²) in [6.07, 6.45) is 1.78. The standard InChI is InChI=1S/C12H21N3/c1-9(2)12(4,5)8-14-11-6-7-13-10(3)15-11/h6-7,9H,8H2,1-5H3,(H,13,14,15). The van der Waals surface area contributed by atoms with Gasteiger partial charge in [0.05, 0.1) is 0 Å². The minimum atomic E-state index is 0.277. The zero-order valence-electron chi connectivity index (χ0n) is 10.3. The SMILES string of the molecule is Cc1nccc(NCC(C)(C)C(C)C)n1. The number of aromatic nitrogens is 2. The molecule has 0 aromatic carbocycles. The predicted octanol–water partition coefficient (Wildman–Crippen LogP) is 2.88. The molecule has 15 heavy (non-hydrogen) atoms. The normalized spacial score (nSPS) is 11.9. The zero-order chi connectivity index (χ0) is 11.5. The molecule has 0 amide bonds. The lowest BCUT2D eigenvalue weighted by Gasteiger charge is -2.29. The summed E-state index contributed by atoms with van der Waals surface area (Å²) in [5.41, 5.74) is 0.277. The van der Waals surface area contributed by atoms with Gasteiger partial charge in [-0.1, -0.05) is 27.7 Å². The van der Waals surface area contributed by atoms with Crippen LogP contribution in [0.4, 0.5) is 5.82 Å². The molecule has 1 aromatic heterocycles. The van der Waals surface area contributed by atoms with Crippen molar-refractivity contribution in [3.63, 3.8) is 0 Å². The lowest BCUT2D eigenvalue weighted by atomic mass is 9.81. The third kappa shape index (κ3) is 3.50.